The summed E-state index contributed by atoms with van der Waals surface area (Å²) in [4.78, 5) is 21.5. The molecule has 0 aromatic heterocycles. The molecule has 20 heavy (non-hydrogen) atoms. The number of rotatable bonds is 5. The van der Waals surface area contributed by atoms with Crippen molar-refractivity contribution in [2.24, 2.45) is 0 Å². The van der Waals surface area contributed by atoms with Crippen LogP contribution in [0, 0.1) is 24.0 Å². The van der Waals surface area contributed by atoms with E-state index in [0.29, 0.717) is 11.1 Å². The number of hydrogen-bond donors (Lipinski definition) is 2. The zero-order valence-corrected chi connectivity index (χ0v) is 11.5. The second-order valence-electron chi connectivity index (χ2n) is 4.56. The number of aliphatic hydroxyl groups excluding tert-OH is 2. The second kappa shape index (κ2) is 6.44. The topological polar surface area (TPSA) is 110 Å². The molecular formula is C13H17NO6. The summed E-state index contributed by atoms with van der Waals surface area (Å²) in [6.45, 7) is 3.30. The molecule has 0 fully saturated rings. The average molecular weight is 283 g/mol. The van der Waals surface area contributed by atoms with Crippen LogP contribution in [-0.4, -0.2) is 34.3 Å². The molecule has 0 aliphatic heterocycles. The van der Waals surface area contributed by atoms with Gasteiger partial charge in [-0.3, -0.25) is 14.9 Å². The van der Waals surface area contributed by atoms with E-state index in [9.17, 15) is 25.1 Å². The molecule has 1 aromatic rings. The Bertz CT molecular complexity index is 528. The fourth-order valence-corrected chi connectivity index (χ4v) is 2.05. The van der Waals surface area contributed by atoms with Crippen molar-refractivity contribution in [3.8, 4) is 0 Å². The van der Waals surface area contributed by atoms with Crippen LogP contribution in [-0.2, 0) is 9.53 Å². The Kier molecular flexibility index (Phi) is 5.18. The van der Waals surface area contributed by atoms with Gasteiger partial charge in [-0.15, -0.1) is 0 Å². The molecule has 0 saturated carbocycles. The van der Waals surface area contributed by atoms with Gasteiger partial charge in [0, 0.05) is 6.07 Å². The molecule has 2 atom stereocenters. The molecule has 0 radical (unpaired) electrons. The first-order valence-corrected chi connectivity index (χ1v) is 5.96. The predicted octanol–water partition coefficient (Wildman–Crippen LogP) is 1.17. The molecule has 110 valence electrons. The van der Waals surface area contributed by atoms with Gasteiger partial charge in [-0.2, -0.15) is 0 Å². The number of nitro benzene ring substituents is 1. The van der Waals surface area contributed by atoms with Crippen LogP contribution in [0.1, 0.15) is 29.2 Å². The Hall–Kier alpha value is -1.99. The number of nitrogens with zero attached hydrogens (tertiary/aromatic N) is 1. The number of benzene rings is 1. The van der Waals surface area contributed by atoms with Crippen molar-refractivity contribution in [3.05, 3.63) is 38.9 Å². The highest BCUT2D eigenvalue weighted by molar-refractivity contribution is 5.70. The summed E-state index contributed by atoms with van der Waals surface area (Å²) >= 11 is 0. The molecule has 0 amide bonds. The van der Waals surface area contributed by atoms with E-state index in [0.717, 1.165) is 7.11 Å². The molecule has 0 saturated heterocycles. The van der Waals surface area contributed by atoms with Gasteiger partial charge >= 0.3 is 5.97 Å². The molecule has 2 unspecified atom stereocenters. The lowest BCUT2D eigenvalue weighted by Crippen LogP contribution is -2.24. The van der Waals surface area contributed by atoms with Gasteiger partial charge in [-0.05, 0) is 25.0 Å². The normalized spacial score (nSPS) is 13.7. The van der Waals surface area contributed by atoms with Crippen molar-refractivity contribution in [1.29, 1.82) is 0 Å². The van der Waals surface area contributed by atoms with E-state index in [-0.39, 0.29) is 11.3 Å². The Morgan fingerprint density at radius 3 is 2.50 bits per heavy atom. The number of ether oxygens (including phenoxy) is 1. The quantitative estimate of drug-likeness (QED) is 0.477. The van der Waals surface area contributed by atoms with Crippen molar-refractivity contribution >= 4 is 11.7 Å². The minimum Gasteiger partial charge on any atom is -0.469 e. The molecule has 2 N–H and O–H groups in total. The summed E-state index contributed by atoms with van der Waals surface area (Å²) in [5.41, 5.74) is 0.886. The predicted molar refractivity (Wildman–Crippen MR) is 70.2 cm³/mol. The monoisotopic (exact) mass is 283 g/mol. The Balaban J connectivity index is 3.17. The minimum atomic E-state index is -1.53. The summed E-state index contributed by atoms with van der Waals surface area (Å²) < 4.78 is 4.39. The number of aliphatic hydroxyl groups is 2. The number of carbonyl (C=O) groups excluding carboxylic acids is 1. The van der Waals surface area contributed by atoms with Crippen LogP contribution in [0.5, 0.6) is 0 Å². The summed E-state index contributed by atoms with van der Waals surface area (Å²) in [5, 5.41) is 30.9. The Morgan fingerprint density at radius 1 is 1.40 bits per heavy atom. The number of aryl methyl sites for hydroxylation is 2. The van der Waals surface area contributed by atoms with Crippen molar-refractivity contribution in [1.82, 2.24) is 0 Å². The SMILES string of the molecule is COC(=O)CC(O)C(O)c1c(C)cc(C)cc1[N+](=O)[O-]. The van der Waals surface area contributed by atoms with E-state index in [4.69, 9.17) is 0 Å². The maximum Gasteiger partial charge on any atom is 0.308 e. The maximum atomic E-state index is 11.1. The Labute approximate surface area is 116 Å². The van der Waals surface area contributed by atoms with Gasteiger partial charge < -0.3 is 14.9 Å². The van der Waals surface area contributed by atoms with E-state index >= 15 is 0 Å². The van der Waals surface area contributed by atoms with Gasteiger partial charge in [-0.25, -0.2) is 0 Å². The van der Waals surface area contributed by atoms with Crippen LogP contribution < -0.4 is 0 Å². The highest BCUT2D eigenvalue weighted by Crippen LogP contribution is 2.32. The first-order chi connectivity index (χ1) is 9.27. The highest BCUT2D eigenvalue weighted by Gasteiger charge is 2.30. The smallest absolute Gasteiger partial charge is 0.308 e. The van der Waals surface area contributed by atoms with Crippen molar-refractivity contribution in [2.75, 3.05) is 7.11 Å². The minimum absolute atomic E-state index is 0.0111. The third kappa shape index (κ3) is 3.52. The number of nitro groups is 1. The highest BCUT2D eigenvalue weighted by atomic mass is 16.6. The molecule has 0 aliphatic rings. The molecule has 0 bridgehead atoms. The zero-order valence-electron chi connectivity index (χ0n) is 11.5. The van der Waals surface area contributed by atoms with Gasteiger partial charge in [0.15, 0.2) is 0 Å². The largest absolute Gasteiger partial charge is 0.469 e. The van der Waals surface area contributed by atoms with Crippen LogP contribution in [0.4, 0.5) is 5.69 Å². The molecule has 0 heterocycles. The van der Waals surface area contributed by atoms with Gasteiger partial charge in [0.25, 0.3) is 5.69 Å². The fraction of sp³-hybridized carbons (Fsp3) is 0.462. The molecule has 1 rings (SSSR count). The van der Waals surface area contributed by atoms with E-state index in [1.165, 1.54) is 6.07 Å². The molecule has 7 nitrogen and oxygen atoms in total. The van der Waals surface area contributed by atoms with Gasteiger partial charge in [-0.1, -0.05) is 6.07 Å². The van der Waals surface area contributed by atoms with Gasteiger partial charge in [0.2, 0.25) is 0 Å². The lowest BCUT2D eigenvalue weighted by Gasteiger charge is -2.19. The van der Waals surface area contributed by atoms with E-state index in [1.54, 1.807) is 19.9 Å². The van der Waals surface area contributed by atoms with E-state index < -0.39 is 29.5 Å². The summed E-state index contributed by atoms with van der Waals surface area (Å²) in [7, 11) is 1.15. The van der Waals surface area contributed by atoms with Crippen LogP contribution in [0.25, 0.3) is 0 Å². The lowest BCUT2D eigenvalue weighted by atomic mass is 9.94. The fourth-order valence-electron chi connectivity index (χ4n) is 2.05. The summed E-state index contributed by atoms with van der Waals surface area (Å²) in [5.74, 6) is -0.705. The van der Waals surface area contributed by atoms with Gasteiger partial charge in [0.05, 0.1) is 30.1 Å². The second-order valence-corrected chi connectivity index (χ2v) is 4.56. The number of carbonyl (C=O) groups is 1. The third-order valence-electron chi connectivity index (χ3n) is 2.97. The van der Waals surface area contributed by atoms with Crippen molar-refractivity contribution in [2.45, 2.75) is 32.5 Å². The van der Waals surface area contributed by atoms with Crippen molar-refractivity contribution < 1.29 is 24.7 Å². The first-order valence-electron chi connectivity index (χ1n) is 5.96. The molecule has 7 heteroatoms. The lowest BCUT2D eigenvalue weighted by molar-refractivity contribution is -0.386. The molecular weight excluding hydrogens is 266 g/mol. The van der Waals surface area contributed by atoms with Crippen LogP contribution in [0.15, 0.2) is 12.1 Å². The average Bonchev–Trinajstić information content (AvgIpc) is 2.36. The zero-order chi connectivity index (χ0) is 15.4. The van der Waals surface area contributed by atoms with Crippen LogP contribution in [0.2, 0.25) is 0 Å². The van der Waals surface area contributed by atoms with Crippen LogP contribution in [0.3, 0.4) is 0 Å². The molecule has 0 aliphatic carbocycles. The number of esters is 1. The standard InChI is InChI=1S/C13H17NO6/c1-7-4-8(2)12(9(5-7)14(18)19)13(17)10(15)6-11(16)20-3/h4-5,10,13,15,17H,6H2,1-3H3. The molecule has 0 spiro atoms. The Morgan fingerprint density at radius 2 is 2.00 bits per heavy atom. The third-order valence-corrected chi connectivity index (χ3v) is 2.97. The van der Waals surface area contributed by atoms with E-state index in [2.05, 4.69) is 4.74 Å². The number of methoxy groups -OCH3 is 1. The number of hydrogen-bond acceptors (Lipinski definition) is 6. The van der Waals surface area contributed by atoms with Gasteiger partial charge in [0.1, 0.15) is 6.10 Å². The molecule has 1 aromatic carbocycles. The van der Waals surface area contributed by atoms with Crippen LogP contribution >= 0.6 is 0 Å². The van der Waals surface area contributed by atoms with E-state index in [1.807, 2.05) is 0 Å². The summed E-state index contributed by atoms with van der Waals surface area (Å²) in [6.07, 6.45) is -3.44. The first kappa shape index (κ1) is 16.1. The van der Waals surface area contributed by atoms with Crippen molar-refractivity contribution in [3.63, 3.8) is 0 Å². The summed E-state index contributed by atoms with van der Waals surface area (Å²) in [6, 6.07) is 2.98. The maximum absolute atomic E-state index is 11.1.